The Balaban J connectivity index is 2.17. The summed E-state index contributed by atoms with van der Waals surface area (Å²) in [7, 11) is 0. The number of ether oxygens (including phenoxy) is 2. The Morgan fingerprint density at radius 2 is 2.21 bits per heavy atom. The molecule has 1 aliphatic heterocycles. The molecule has 0 aliphatic carbocycles. The molecule has 1 fully saturated rings. The van der Waals surface area contributed by atoms with E-state index in [2.05, 4.69) is 12.0 Å². The fourth-order valence-corrected chi connectivity index (χ4v) is 2.51. The monoisotopic (exact) mass is 266 g/mol. The van der Waals surface area contributed by atoms with Gasteiger partial charge in [0.05, 0.1) is 11.8 Å². The fourth-order valence-electron chi connectivity index (χ4n) is 2.51. The van der Waals surface area contributed by atoms with Crippen molar-refractivity contribution in [2.75, 3.05) is 19.8 Å². The van der Waals surface area contributed by atoms with Crippen molar-refractivity contribution in [3.63, 3.8) is 0 Å². The number of aromatic nitrogens is 2. The molecular formula is C14H22N2O3. The van der Waals surface area contributed by atoms with Crippen molar-refractivity contribution in [2.24, 2.45) is 0 Å². The van der Waals surface area contributed by atoms with E-state index in [-0.39, 0.29) is 5.78 Å². The molecule has 2 rings (SSSR count). The second-order valence-electron chi connectivity index (χ2n) is 4.86. The maximum atomic E-state index is 12.7. The molecule has 19 heavy (non-hydrogen) atoms. The van der Waals surface area contributed by atoms with Crippen LogP contribution in [0.5, 0.6) is 0 Å². The first-order valence-electron chi connectivity index (χ1n) is 7.01. The van der Waals surface area contributed by atoms with Gasteiger partial charge in [-0.25, -0.2) is 0 Å². The van der Waals surface area contributed by atoms with Gasteiger partial charge in [-0.1, -0.05) is 6.92 Å². The molecule has 0 amide bonds. The molecule has 0 unspecified atom stereocenters. The van der Waals surface area contributed by atoms with E-state index in [0.29, 0.717) is 38.2 Å². The summed E-state index contributed by atoms with van der Waals surface area (Å²) in [5, 5.41) is 4.22. The van der Waals surface area contributed by atoms with Gasteiger partial charge in [0, 0.05) is 45.4 Å². The lowest BCUT2D eigenvalue weighted by atomic mass is 9.86. The van der Waals surface area contributed by atoms with Crippen LogP contribution in [0, 0.1) is 0 Å². The predicted molar refractivity (Wildman–Crippen MR) is 71.3 cm³/mol. The van der Waals surface area contributed by atoms with Crippen LogP contribution in [0.15, 0.2) is 12.4 Å². The molecule has 2 heterocycles. The SMILES string of the molecule is CCCn1cc(C(=O)C2(OCC)CCOCC2)cn1. The van der Waals surface area contributed by atoms with Gasteiger partial charge in [-0.05, 0) is 13.3 Å². The summed E-state index contributed by atoms with van der Waals surface area (Å²) in [6, 6.07) is 0. The van der Waals surface area contributed by atoms with Crippen LogP contribution < -0.4 is 0 Å². The van der Waals surface area contributed by atoms with Gasteiger partial charge in [-0.15, -0.1) is 0 Å². The van der Waals surface area contributed by atoms with Crippen LogP contribution in [0.2, 0.25) is 0 Å². The highest BCUT2D eigenvalue weighted by Gasteiger charge is 2.41. The highest BCUT2D eigenvalue weighted by molar-refractivity contribution is 6.02. The number of aryl methyl sites for hydroxylation is 1. The zero-order valence-electron chi connectivity index (χ0n) is 11.7. The molecule has 1 aromatic rings. The van der Waals surface area contributed by atoms with Crippen LogP contribution in [0.3, 0.4) is 0 Å². The zero-order valence-corrected chi connectivity index (χ0v) is 11.7. The largest absolute Gasteiger partial charge is 0.381 e. The minimum absolute atomic E-state index is 0.0417. The number of nitrogens with zero attached hydrogens (tertiary/aromatic N) is 2. The molecule has 106 valence electrons. The molecule has 0 N–H and O–H groups in total. The number of carbonyl (C=O) groups excluding carboxylic acids is 1. The Kier molecular flexibility index (Phi) is 4.71. The van der Waals surface area contributed by atoms with Crippen LogP contribution in [0.4, 0.5) is 0 Å². The Morgan fingerprint density at radius 1 is 1.47 bits per heavy atom. The second-order valence-corrected chi connectivity index (χ2v) is 4.86. The molecule has 0 bridgehead atoms. The molecule has 1 saturated heterocycles. The molecular weight excluding hydrogens is 244 g/mol. The van der Waals surface area contributed by atoms with Gasteiger partial charge in [0.15, 0.2) is 5.78 Å². The van der Waals surface area contributed by atoms with E-state index >= 15 is 0 Å². The van der Waals surface area contributed by atoms with Gasteiger partial charge < -0.3 is 9.47 Å². The van der Waals surface area contributed by atoms with Gasteiger partial charge in [-0.2, -0.15) is 5.10 Å². The minimum atomic E-state index is -0.715. The van der Waals surface area contributed by atoms with Crippen molar-refractivity contribution in [3.05, 3.63) is 18.0 Å². The van der Waals surface area contributed by atoms with Crippen LogP contribution in [0.1, 0.15) is 43.5 Å². The van der Waals surface area contributed by atoms with Crippen LogP contribution in [0.25, 0.3) is 0 Å². The smallest absolute Gasteiger partial charge is 0.197 e. The average Bonchev–Trinajstić information content (AvgIpc) is 2.88. The zero-order chi connectivity index (χ0) is 13.7. The third kappa shape index (κ3) is 3.04. The quantitative estimate of drug-likeness (QED) is 0.740. The number of hydrogen-bond acceptors (Lipinski definition) is 4. The Bertz CT molecular complexity index is 417. The maximum absolute atomic E-state index is 12.7. The van der Waals surface area contributed by atoms with Crippen molar-refractivity contribution < 1.29 is 14.3 Å². The summed E-state index contributed by atoms with van der Waals surface area (Å²) < 4.78 is 12.9. The summed E-state index contributed by atoms with van der Waals surface area (Å²) in [6.45, 7) is 6.53. The van der Waals surface area contributed by atoms with Gasteiger partial charge in [-0.3, -0.25) is 9.48 Å². The minimum Gasteiger partial charge on any atom is -0.381 e. The van der Waals surface area contributed by atoms with Crippen molar-refractivity contribution in [1.29, 1.82) is 0 Å². The Hall–Kier alpha value is -1.20. The van der Waals surface area contributed by atoms with Crippen molar-refractivity contribution in [3.8, 4) is 0 Å². The van der Waals surface area contributed by atoms with E-state index in [9.17, 15) is 4.79 Å². The van der Waals surface area contributed by atoms with E-state index in [1.54, 1.807) is 6.20 Å². The second kappa shape index (κ2) is 6.30. The summed E-state index contributed by atoms with van der Waals surface area (Å²) >= 11 is 0. The van der Waals surface area contributed by atoms with Crippen LogP contribution in [-0.2, 0) is 16.0 Å². The normalized spacial score (nSPS) is 18.4. The highest BCUT2D eigenvalue weighted by atomic mass is 16.5. The molecule has 0 radical (unpaired) electrons. The third-order valence-electron chi connectivity index (χ3n) is 3.48. The van der Waals surface area contributed by atoms with Crippen molar-refractivity contribution in [1.82, 2.24) is 9.78 Å². The third-order valence-corrected chi connectivity index (χ3v) is 3.48. The molecule has 0 atom stereocenters. The van der Waals surface area contributed by atoms with Gasteiger partial charge in [0.25, 0.3) is 0 Å². The standard InChI is InChI=1S/C14H22N2O3/c1-3-7-16-11-12(10-15-16)13(17)14(19-4-2)5-8-18-9-6-14/h10-11H,3-9H2,1-2H3. The first-order valence-corrected chi connectivity index (χ1v) is 7.01. The van der Waals surface area contributed by atoms with Crippen molar-refractivity contribution >= 4 is 5.78 Å². The molecule has 1 aliphatic rings. The summed E-state index contributed by atoms with van der Waals surface area (Å²) in [5.74, 6) is 0.0417. The number of Topliss-reactive ketones (excluding diaryl/α,β-unsaturated/α-hetero) is 1. The topological polar surface area (TPSA) is 53.4 Å². The molecule has 0 spiro atoms. The lowest BCUT2D eigenvalue weighted by molar-refractivity contribution is -0.0822. The highest BCUT2D eigenvalue weighted by Crippen LogP contribution is 2.29. The molecule has 0 saturated carbocycles. The van der Waals surface area contributed by atoms with E-state index in [1.807, 2.05) is 17.8 Å². The van der Waals surface area contributed by atoms with Crippen molar-refractivity contribution in [2.45, 2.75) is 45.3 Å². The molecule has 5 nitrogen and oxygen atoms in total. The van der Waals surface area contributed by atoms with Gasteiger partial charge >= 0.3 is 0 Å². The number of hydrogen-bond donors (Lipinski definition) is 0. The summed E-state index contributed by atoms with van der Waals surface area (Å²) in [6.07, 6.45) is 5.72. The Morgan fingerprint density at radius 3 is 2.84 bits per heavy atom. The van der Waals surface area contributed by atoms with Gasteiger partial charge in [0.2, 0.25) is 0 Å². The average molecular weight is 266 g/mol. The predicted octanol–water partition coefficient (Wildman–Crippen LogP) is 2.06. The maximum Gasteiger partial charge on any atom is 0.197 e. The Labute approximate surface area is 113 Å². The first-order chi connectivity index (χ1) is 9.22. The van der Waals surface area contributed by atoms with E-state index in [0.717, 1.165) is 13.0 Å². The lowest BCUT2D eigenvalue weighted by Crippen LogP contribution is -2.46. The number of carbonyl (C=O) groups is 1. The first kappa shape index (κ1) is 14.2. The summed E-state index contributed by atoms with van der Waals surface area (Å²) in [4.78, 5) is 12.7. The van der Waals surface area contributed by atoms with Gasteiger partial charge in [0.1, 0.15) is 5.60 Å². The number of rotatable bonds is 6. The molecule has 0 aromatic carbocycles. The molecule has 5 heteroatoms. The van der Waals surface area contributed by atoms with Crippen LogP contribution >= 0.6 is 0 Å². The lowest BCUT2D eigenvalue weighted by Gasteiger charge is -2.35. The van der Waals surface area contributed by atoms with E-state index in [1.165, 1.54) is 0 Å². The number of ketones is 1. The van der Waals surface area contributed by atoms with Crippen LogP contribution in [-0.4, -0.2) is 41.0 Å². The summed E-state index contributed by atoms with van der Waals surface area (Å²) in [5.41, 5.74) is -0.0728. The van der Waals surface area contributed by atoms with E-state index in [4.69, 9.17) is 9.47 Å². The van der Waals surface area contributed by atoms with E-state index < -0.39 is 5.60 Å². The fraction of sp³-hybridized carbons (Fsp3) is 0.714. The molecule has 1 aromatic heterocycles.